The number of hydrogen-bond acceptors (Lipinski definition) is 3. The van der Waals surface area contributed by atoms with Crippen LogP contribution in [-0.4, -0.2) is 25.1 Å². The number of nitrogens with zero attached hydrogens (tertiary/aromatic N) is 1. The highest BCUT2D eigenvalue weighted by atomic mass is 35.5. The summed E-state index contributed by atoms with van der Waals surface area (Å²) in [6.45, 7) is 2.96. The summed E-state index contributed by atoms with van der Waals surface area (Å²) in [6, 6.07) is 5.15. The topological polar surface area (TPSA) is 55.6 Å². The van der Waals surface area contributed by atoms with Crippen LogP contribution in [0, 0.1) is 0 Å². The fourth-order valence-corrected chi connectivity index (χ4v) is 2.11. The normalized spacial score (nSPS) is 19.8. The van der Waals surface area contributed by atoms with Crippen molar-refractivity contribution in [1.82, 2.24) is 0 Å². The van der Waals surface area contributed by atoms with Crippen LogP contribution >= 0.6 is 11.6 Å². The molecule has 1 atom stereocenters. The first-order valence-corrected chi connectivity index (χ1v) is 5.98. The van der Waals surface area contributed by atoms with Crippen LogP contribution in [0.5, 0.6) is 5.75 Å². The Kier molecular flexibility index (Phi) is 3.54. The van der Waals surface area contributed by atoms with Crippen LogP contribution in [0.4, 0.5) is 5.69 Å². The van der Waals surface area contributed by atoms with Crippen molar-refractivity contribution in [3.05, 3.63) is 23.2 Å². The fraction of sp³-hybridized carbons (Fsp3) is 0.417. The van der Waals surface area contributed by atoms with Gasteiger partial charge in [-0.05, 0) is 25.1 Å². The van der Waals surface area contributed by atoms with Crippen molar-refractivity contribution in [3.8, 4) is 5.75 Å². The summed E-state index contributed by atoms with van der Waals surface area (Å²) in [6.07, 6.45) is 0.373. The predicted octanol–water partition coefficient (Wildman–Crippen LogP) is 1.80. The third kappa shape index (κ3) is 2.53. The zero-order valence-corrected chi connectivity index (χ0v) is 10.4. The number of anilines is 1. The highest BCUT2D eigenvalue weighted by Gasteiger charge is 2.30. The minimum atomic E-state index is -0.115. The second-order valence-corrected chi connectivity index (χ2v) is 4.45. The van der Waals surface area contributed by atoms with E-state index in [1.54, 1.807) is 23.1 Å². The van der Waals surface area contributed by atoms with E-state index in [0.29, 0.717) is 36.0 Å². The number of halogens is 1. The molecule has 0 radical (unpaired) electrons. The molecule has 92 valence electrons. The molecule has 0 bridgehead atoms. The molecule has 0 aliphatic carbocycles. The molecular formula is C12H15ClN2O2. The van der Waals surface area contributed by atoms with Gasteiger partial charge in [-0.15, -0.1) is 0 Å². The van der Waals surface area contributed by atoms with Crippen molar-refractivity contribution in [1.29, 1.82) is 0 Å². The number of nitrogens with two attached hydrogens (primary N) is 1. The lowest BCUT2D eigenvalue weighted by molar-refractivity contribution is -0.117. The first kappa shape index (κ1) is 12.2. The van der Waals surface area contributed by atoms with Crippen LogP contribution in [0.1, 0.15) is 13.3 Å². The van der Waals surface area contributed by atoms with Crippen LogP contribution in [0.3, 0.4) is 0 Å². The van der Waals surface area contributed by atoms with Crippen molar-refractivity contribution in [2.75, 3.05) is 18.1 Å². The minimum absolute atomic E-state index is 0.0146. The zero-order valence-electron chi connectivity index (χ0n) is 9.65. The molecule has 17 heavy (non-hydrogen) atoms. The minimum Gasteiger partial charge on any atom is -0.492 e. The number of hydrogen-bond donors (Lipinski definition) is 1. The third-order valence-corrected chi connectivity index (χ3v) is 2.90. The van der Waals surface area contributed by atoms with E-state index in [0.717, 1.165) is 0 Å². The van der Waals surface area contributed by atoms with Gasteiger partial charge in [-0.3, -0.25) is 4.79 Å². The van der Waals surface area contributed by atoms with Crippen molar-refractivity contribution in [2.45, 2.75) is 19.4 Å². The summed E-state index contributed by atoms with van der Waals surface area (Å²) in [5.74, 6) is 0.681. The Bertz CT molecular complexity index is 437. The van der Waals surface area contributed by atoms with E-state index in [9.17, 15) is 4.79 Å². The van der Waals surface area contributed by atoms with Gasteiger partial charge < -0.3 is 15.4 Å². The number of carbonyl (C=O) groups is 1. The van der Waals surface area contributed by atoms with Crippen molar-refractivity contribution in [3.63, 3.8) is 0 Å². The molecule has 0 saturated carbocycles. The molecule has 1 aliphatic rings. The average molecular weight is 255 g/mol. The number of ether oxygens (including phenoxy) is 1. The molecule has 4 nitrogen and oxygen atoms in total. The second-order valence-electron chi connectivity index (χ2n) is 4.01. The van der Waals surface area contributed by atoms with Crippen LogP contribution in [0.2, 0.25) is 5.02 Å². The van der Waals surface area contributed by atoms with Crippen molar-refractivity contribution < 1.29 is 9.53 Å². The Morgan fingerprint density at radius 3 is 2.94 bits per heavy atom. The Morgan fingerprint density at radius 1 is 1.59 bits per heavy atom. The number of amides is 1. The largest absolute Gasteiger partial charge is 0.492 e. The molecule has 0 spiro atoms. The van der Waals surface area contributed by atoms with Gasteiger partial charge >= 0.3 is 0 Å². The summed E-state index contributed by atoms with van der Waals surface area (Å²) in [7, 11) is 0. The van der Waals surface area contributed by atoms with Crippen LogP contribution < -0.4 is 15.4 Å². The van der Waals surface area contributed by atoms with E-state index in [2.05, 4.69) is 0 Å². The summed E-state index contributed by atoms with van der Waals surface area (Å²) < 4.78 is 5.49. The van der Waals surface area contributed by atoms with Crippen LogP contribution in [0.15, 0.2) is 18.2 Å². The van der Waals surface area contributed by atoms with Gasteiger partial charge in [-0.1, -0.05) is 11.6 Å². The summed E-state index contributed by atoms with van der Waals surface area (Å²) in [5, 5.41) is 0.580. The van der Waals surface area contributed by atoms with E-state index in [4.69, 9.17) is 22.1 Å². The first-order valence-electron chi connectivity index (χ1n) is 5.60. The summed E-state index contributed by atoms with van der Waals surface area (Å²) in [5.41, 5.74) is 6.48. The molecule has 1 aromatic carbocycles. The standard InChI is InChI=1S/C12H15ClN2O2/c1-2-17-11-4-3-8(13)5-10(11)15-7-9(14)6-12(15)16/h3-5,9H,2,6-7,14H2,1H3. The molecule has 1 saturated heterocycles. The Balaban J connectivity index is 2.35. The molecule has 1 fully saturated rings. The average Bonchev–Trinajstić information content (AvgIpc) is 2.61. The molecule has 2 N–H and O–H groups in total. The number of rotatable bonds is 3. The van der Waals surface area contributed by atoms with E-state index in [1.807, 2.05) is 6.92 Å². The molecule has 1 unspecified atom stereocenters. The predicted molar refractivity (Wildman–Crippen MR) is 67.6 cm³/mol. The van der Waals surface area contributed by atoms with Gasteiger partial charge in [0.25, 0.3) is 0 Å². The van der Waals surface area contributed by atoms with Crippen molar-refractivity contribution >= 4 is 23.2 Å². The SMILES string of the molecule is CCOc1ccc(Cl)cc1N1CC(N)CC1=O. The Labute approximate surface area is 105 Å². The van der Waals surface area contributed by atoms with Gasteiger partial charge in [-0.2, -0.15) is 0 Å². The molecule has 1 aromatic rings. The quantitative estimate of drug-likeness (QED) is 0.895. The van der Waals surface area contributed by atoms with Crippen molar-refractivity contribution in [2.24, 2.45) is 5.73 Å². The maximum Gasteiger partial charge on any atom is 0.228 e. The lowest BCUT2D eigenvalue weighted by atomic mass is 10.2. The third-order valence-electron chi connectivity index (χ3n) is 2.67. The fourth-order valence-electron chi connectivity index (χ4n) is 1.95. The van der Waals surface area contributed by atoms with E-state index < -0.39 is 0 Å². The molecule has 1 aliphatic heterocycles. The van der Waals surface area contributed by atoms with Crippen LogP contribution in [0.25, 0.3) is 0 Å². The van der Waals surface area contributed by atoms with E-state index >= 15 is 0 Å². The highest BCUT2D eigenvalue weighted by Crippen LogP contribution is 2.33. The lowest BCUT2D eigenvalue weighted by Gasteiger charge is -2.20. The Hall–Kier alpha value is -1.26. The molecule has 0 aromatic heterocycles. The van der Waals surface area contributed by atoms with Gasteiger partial charge in [0.1, 0.15) is 5.75 Å². The van der Waals surface area contributed by atoms with E-state index in [1.165, 1.54) is 0 Å². The van der Waals surface area contributed by atoms with Gasteiger partial charge in [0.05, 0.1) is 12.3 Å². The molecule has 1 heterocycles. The lowest BCUT2D eigenvalue weighted by Crippen LogP contribution is -2.28. The zero-order chi connectivity index (χ0) is 12.4. The molecular weight excluding hydrogens is 240 g/mol. The summed E-state index contributed by atoms with van der Waals surface area (Å²) in [4.78, 5) is 13.4. The van der Waals surface area contributed by atoms with Gasteiger partial charge in [0.15, 0.2) is 0 Å². The summed E-state index contributed by atoms with van der Waals surface area (Å²) >= 11 is 5.95. The van der Waals surface area contributed by atoms with Gasteiger partial charge in [-0.25, -0.2) is 0 Å². The highest BCUT2D eigenvalue weighted by molar-refractivity contribution is 6.31. The maximum absolute atomic E-state index is 11.8. The molecule has 2 rings (SSSR count). The van der Waals surface area contributed by atoms with Crippen LogP contribution in [-0.2, 0) is 4.79 Å². The maximum atomic E-state index is 11.8. The van der Waals surface area contributed by atoms with Gasteiger partial charge in [0, 0.05) is 24.0 Å². The monoisotopic (exact) mass is 254 g/mol. The van der Waals surface area contributed by atoms with E-state index in [-0.39, 0.29) is 11.9 Å². The molecule has 5 heteroatoms. The molecule has 1 amide bonds. The first-order chi connectivity index (χ1) is 8.11. The smallest absolute Gasteiger partial charge is 0.228 e. The Morgan fingerprint density at radius 2 is 2.35 bits per heavy atom. The number of carbonyl (C=O) groups excluding carboxylic acids is 1. The van der Waals surface area contributed by atoms with Gasteiger partial charge in [0.2, 0.25) is 5.91 Å². The second kappa shape index (κ2) is 4.94. The number of benzene rings is 1.